The van der Waals surface area contributed by atoms with Gasteiger partial charge in [-0.15, -0.1) is 10.2 Å². The molecule has 0 amide bonds. The molecule has 0 spiro atoms. The zero-order chi connectivity index (χ0) is 15.1. The predicted octanol–water partition coefficient (Wildman–Crippen LogP) is 1.95. The number of nitrogens with two attached hydrogens (primary N) is 1. The molecule has 1 aromatic heterocycles. The van der Waals surface area contributed by atoms with Crippen LogP contribution in [0.5, 0.6) is 0 Å². The van der Waals surface area contributed by atoms with Crippen molar-refractivity contribution < 1.29 is 8.42 Å². The number of hydrogen-bond donors (Lipinski definition) is 1. The van der Waals surface area contributed by atoms with Gasteiger partial charge >= 0.3 is 0 Å². The van der Waals surface area contributed by atoms with E-state index >= 15 is 0 Å². The van der Waals surface area contributed by atoms with Crippen LogP contribution in [-0.2, 0) is 15.6 Å². The molecule has 0 aliphatic carbocycles. The predicted molar refractivity (Wildman–Crippen MR) is 84.5 cm³/mol. The number of sulfonamides is 1. The highest BCUT2D eigenvalue weighted by Crippen LogP contribution is 2.27. The molecule has 0 radical (unpaired) electrons. The first-order chi connectivity index (χ1) is 9.10. The van der Waals surface area contributed by atoms with Gasteiger partial charge in [0.2, 0.25) is 0 Å². The molecule has 1 heterocycles. The van der Waals surface area contributed by atoms with E-state index in [-0.39, 0.29) is 5.16 Å². The molecule has 20 heavy (non-hydrogen) atoms. The van der Waals surface area contributed by atoms with Gasteiger partial charge in [0.05, 0.1) is 0 Å². The summed E-state index contributed by atoms with van der Waals surface area (Å²) >= 11 is 2.20. The molecular formula is C12H15IN4O2S. The molecule has 2 aromatic rings. The van der Waals surface area contributed by atoms with Crippen LogP contribution in [0, 0.1) is 3.57 Å². The van der Waals surface area contributed by atoms with E-state index < -0.39 is 15.6 Å². The third-order valence-corrected chi connectivity index (χ3v) is 4.15. The Morgan fingerprint density at radius 2 is 1.70 bits per heavy atom. The molecule has 0 aliphatic rings. The second-order valence-electron chi connectivity index (χ2n) is 5.36. The van der Waals surface area contributed by atoms with Gasteiger partial charge in [-0.25, -0.2) is 13.6 Å². The highest BCUT2D eigenvalue weighted by atomic mass is 127. The maximum atomic E-state index is 11.7. The first-order valence-corrected chi connectivity index (χ1v) is 8.48. The normalized spacial score (nSPS) is 12.7. The molecule has 0 fully saturated rings. The van der Waals surface area contributed by atoms with Crippen molar-refractivity contribution in [2.24, 2.45) is 5.14 Å². The highest BCUT2D eigenvalue weighted by molar-refractivity contribution is 14.1. The smallest absolute Gasteiger partial charge is 0.273 e. The standard InChI is InChI=1S/C12H15IN4O2S/c1-12(2,3)17-10(8-4-6-9(13)7-5-8)15-16-11(17)20(14,18)19/h4-7H,1-3H3,(H2,14,18,19). The van der Waals surface area contributed by atoms with Gasteiger partial charge in [-0.05, 0) is 55.5 Å². The van der Waals surface area contributed by atoms with Gasteiger partial charge in [-0.1, -0.05) is 12.1 Å². The third-order valence-electron chi connectivity index (χ3n) is 2.66. The largest absolute Gasteiger partial charge is 0.291 e. The summed E-state index contributed by atoms with van der Waals surface area (Å²) in [6.45, 7) is 5.63. The summed E-state index contributed by atoms with van der Waals surface area (Å²) in [6.07, 6.45) is 0. The Labute approximate surface area is 131 Å². The molecule has 2 rings (SSSR count). The van der Waals surface area contributed by atoms with Crippen LogP contribution < -0.4 is 5.14 Å². The minimum Gasteiger partial charge on any atom is -0.291 e. The second kappa shape index (κ2) is 5.08. The summed E-state index contributed by atoms with van der Waals surface area (Å²) in [4.78, 5) is 0. The van der Waals surface area contributed by atoms with Crippen molar-refractivity contribution in [1.82, 2.24) is 14.8 Å². The van der Waals surface area contributed by atoms with E-state index in [4.69, 9.17) is 5.14 Å². The van der Waals surface area contributed by atoms with Crippen LogP contribution in [0.15, 0.2) is 29.4 Å². The summed E-state index contributed by atoms with van der Waals surface area (Å²) in [7, 11) is -3.92. The number of hydrogen-bond acceptors (Lipinski definition) is 4. The monoisotopic (exact) mass is 406 g/mol. The van der Waals surface area contributed by atoms with Gasteiger partial charge in [0.25, 0.3) is 15.2 Å². The van der Waals surface area contributed by atoms with Crippen molar-refractivity contribution in [1.29, 1.82) is 0 Å². The molecule has 1 aromatic carbocycles. The topological polar surface area (TPSA) is 90.9 Å². The maximum absolute atomic E-state index is 11.7. The van der Waals surface area contributed by atoms with Crippen molar-refractivity contribution in [3.05, 3.63) is 27.8 Å². The summed E-state index contributed by atoms with van der Waals surface area (Å²) in [6, 6.07) is 7.60. The maximum Gasteiger partial charge on any atom is 0.273 e. The fraction of sp³-hybridized carbons (Fsp3) is 0.333. The zero-order valence-corrected chi connectivity index (χ0v) is 14.3. The molecule has 0 unspecified atom stereocenters. The van der Waals surface area contributed by atoms with Gasteiger partial charge in [-0.3, -0.25) is 4.57 Å². The third kappa shape index (κ3) is 3.01. The lowest BCUT2D eigenvalue weighted by atomic mass is 10.1. The number of aromatic nitrogens is 3. The Kier molecular flexibility index (Phi) is 3.91. The van der Waals surface area contributed by atoms with Gasteiger partial charge < -0.3 is 0 Å². The summed E-state index contributed by atoms with van der Waals surface area (Å²) in [5, 5.41) is 12.7. The number of primary sulfonamides is 1. The van der Waals surface area contributed by atoms with Gasteiger partial charge in [0, 0.05) is 14.7 Å². The summed E-state index contributed by atoms with van der Waals surface area (Å²) in [5.41, 5.74) is 0.284. The van der Waals surface area contributed by atoms with Crippen LogP contribution >= 0.6 is 22.6 Å². The lowest BCUT2D eigenvalue weighted by Crippen LogP contribution is -2.29. The van der Waals surface area contributed by atoms with Crippen molar-refractivity contribution in [3.63, 3.8) is 0 Å². The SMILES string of the molecule is CC(C)(C)n1c(-c2ccc(I)cc2)nnc1S(N)(=O)=O. The highest BCUT2D eigenvalue weighted by Gasteiger charge is 2.29. The van der Waals surface area contributed by atoms with E-state index in [0.717, 1.165) is 9.13 Å². The Bertz CT molecular complexity index is 730. The molecule has 2 N–H and O–H groups in total. The van der Waals surface area contributed by atoms with Gasteiger partial charge in [0.15, 0.2) is 5.82 Å². The van der Waals surface area contributed by atoms with Gasteiger partial charge in [-0.2, -0.15) is 0 Å². The lowest BCUT2D eigenvalue weighted by Gasteiger charge is -2.24. The number of nitrogens with zero attached hydrogens (tertiary/aromatic N) is 3. The molecule has 8 heteroatoms. The van der Waals surface area contributed by atoms with E-state index in [1.54, 1.807) is 4.57 Å². The summed E-state index contributed by atoms with van der Waals surface area (Å²) < 4.78 is 25.9. The molecule has 6 nitrogen and oxygen atoms in total. The van der Waals surface area contributed by atoms with E-state index in [9.17, 15) is 8.42 Å². The van der Waals surface area contributed by atoms with Crippen molar-refractivity contribution in [2.45, 2.75) is 31.5 Å². The molecule has 0 atom stereocenters. The fourth-order valence-electron chi connectivity index (χ4n) is 1.84. The second-order valence-corrected chi connectivity index (χ2v) is 8.07. The molecular weight excluding hydrogens is 391 g/mol. The quantitative estimate of drug-likeness (QED) is 0.772. The van der Waals surface area contributed by atoms with Crippen LogP contribution in [0.4, 0.5) is 0 Å². The van der Waals surface area contributed by atoms with Crippen LogP contribution in [0.2, 0.25) is 0 Å². The molecule has 0 aliphatic heterocycles. The van der Waals surface area contributed by atoms with Gasteiger partial charge in [0.1, 0.15) is 0 Å². The molecule has 0 bridgehead atoms. The zero-order valence-electron chi connectivity index (χ0n) is 11.3. The molecule has 0 saturated carbocycles. The Hall–Kier alpha value is -1.00. The van der Waals surface area contributed by atoms with Crippen LogP contribution in [-0.4, -0.2) is 23.2 Å². The number of benzene rings is 1. The fourth-order valence-corrected chi connectivity index (χ4v) is 2.97. The van der Waals surface area contributed by atoms with E-state index in [1.807, 2.05) is 45.0 Å². The van der Waals surface area contributed by atoms with E-state index in [2.05, 4.69) is 32.8 Å². The van der Waals surface area contributed by atoms with Crippen LogP contribution in [0.3, 0.4) is 0 Å². The Morgan fingerprint density at radius 3 is 2.15 bits per heavy atom. The minimum atomic E-state index is -3.92. The van der Waals surface area contributed by atoms with Crippen LogP contribution in [0.25, 0.3) is 11.4 Å². The summed E-state index contributed by atoms with van der Waals surface area (Å²) in [5.74, 6) is 0.484. The number of halogens is 1. The van der Waals surface area contributed by atoms with E-state index in [1.165, 1.54) is 0 Å². The lowest BCUT2D eigenvalue weighted by molar-refractivity contribution is 0.366. The Morgan fingerprint density at radius 1 is 1.15 bits per heavy atom. The van der Waals surface area contributed by atoms with Crippen molar-refractivity contribution in [3.8, 4) is 11.4 Å². The van der Waals surface area contributed by atoms with Crippen molar-refractivity contribution in [2.75, 3.05) is 0 Å². The average Bonchev–Trinajstić information content (AvgIpc) is 2.73. The van der Waals surface area contributed by atoms with Crippen LogP contribution in [0.1, 0.15) is 20.8 Å². The average molecular weight is 406 g/mol. The van der Waals surface area contributed by atoms with Crippen molar-refractivity contribution >= 4 is 32.6 Å². The molecule has 0 saturated heterocycles. The van der Waals surface area contributed by atoms with E-state index in [0.29, 0.717) is 5.82 Å². The first-order valence-electron chi connectivity index (χ1n) is 5.85. The Balaban J connectivity index is 2.72. The molecule has 108 valence electrons. The minimum absolute atomic E-state index is 0.224. The first kappa shape index (κ1) is 15.4. The number of rotatable bonds is 2.